The molecule has 0 saturated carbocycles. The fourth-order valence-corrected chi connectivity index (χ4v) is 3.27. The van der Waals surface area contributed by atoms with E-state index in [4.69, 9.17) is 5.73 Å². The minimum absolute atomic E-state index is 0.176. The number of aromatic hydroxyl groups is 2. The lowest BCUT2D eigenvalue weighted by molar-refractivity contribution is 0.471. The molecule has 7 heteroatoms. The zero-order chi connectivity index (χ0) is 22.0. The number of nitrogens with zero attached hydrogens (tertiary/aromatic N) is 2. The van der Waals surface area contributed by atoms with Crippen molar-refractivity contribution in [3.05, 3.63) is 64.3 Å². The standard InChI is InChI=1S/C23H27N5O2/c1-12-6-8-18(29)14(3)21(12)27-20-10-17(25-5)16(11-26-20)23(24)28-22-13(2)7-9-19(30)15(22)4/h6-11,29-30H,1-5H3,(H2,24,28)(H2,25,26,27). The normalized spacial score (nSPS) is 11.4. The molecule has 30 heavy (non-hydrogen) atoms. The Morgan fingerprint density at radius 2 is 1.60 bits per heavy atom. The first-order chi connectivity index (χ1) is 14.2. The van der Waals surface area contributed by atoms with Crippen molar-refractivity contribution >= 4 is 28.7 Å². The van der Waals surface area contributed by atoms with E-state index in [0.717, 1.165) is 28.1 Å². The van der Waals surface area contributed by atoms with Gasteiger partial charge < -0.3 is 26.6 Å². The van der Waals surface area contributed by atoms with Gasteiger partial charge in [-0.1, -0.05) is 12.1 Å². The van der Waals surface area contributed by atoms with Gasteiger partial charge >= 0.3 is 0 Å². The highest BCUT2D eigenvalue weighted by atomic mass is 16.3. The molecule has 1 aromatic heterocycles. The molecule has 0 fully saturated rings. The molecule has 0 bridgehead atoms. The van der Waals surface area contributed by atoms with Gasteiger partial charge in [0.05, 0.1) is 16.9 Å². The molecule has 156 valence electrons. The molecule has 0 saturated heterocycles. The van der Waals surface area contributed by atoms with Gasteiger partial charge in [0.2, 0.25) is 0 Å². The highest BCUT2D eigenvalue weighted by Crippen LogP contribution is 2.33. The number of amidine groups is 1. The van der Waals surface area contributed by atoms with Gasteiger partial charge in [0.15, 0.2) is 0 Å². The van der Waals surface area contributed by atoms with Crippen molar-refractivity contribution in [2.24, 2.45) is 10.7 Å². The number of hydrogen-bond donors (Lipinski definition) is 5. The predicted molar refractivity (Wildman–Crippen MR) is 123 cm³/mol. The minimum atomic E-state index is 0.176. The summed E-state index contributed by atoms with van der Waals surface area (Å²) in [6.07, 6.45) is 1.65. The fraction of sp³-hybridized carbons (Fsp3) is 0.217. The number of pyridine rings is 1. The smallest absolute Gasteiger partial charge is 0.135 e. The molecule has 0 aliphatic heterocycles. The van der Waals surface area contributed by atoms with E-state index in [9.17, 15) is 10.2 Å². The third kappa shape index (κ3) is 4.00. The molecule has 0 spiro atoms. The maximum absolute atomic E-state index is 10.0. The molecule has 6 N–H and O–H groups in total. The van der Waals surface area contributed by atoms with Crippen molar-refractivity contribution in [3.8, 4) is 11.5 Å². The first kappa shape index (κ1) is 21.0. The molecule has 3 aromatic rings. The van der Waals surface area contributed by atoms with E-state index in [2.05, 4.69) is 20.6 Å². The second kappa shape index (κ2) is 8.32. The molecule has 1 heterocycles. The van der Waals surface area contributed by atoms with Crippen molar-refractivity contribution < 1.29 is 10.2 Å². The van der Waals surface area contributed by atoms with E-state index < -0.39 is 0 Å². The SMILES string of the molecule is CNc1cc(Nc2c(C)ccc(O)c2C)ncc1C(N)=Nc1c(C)ccc(O)c1C. The van der Waals surface area contributed by atoms with Crippen LogP contribution >= 0.6 is 0 Å². The molecule has 0 aliphatic carbocycles. The van der Waals surface area contributed by atoms with Crippen LogP contribution in [0.15, 0.2) is 41.5 Å². The number of rotatable bonds is 5. The maximum Gasteiger partial charge on any atom is 0.135 e. The topological polar surface area (TPSA) is 116 Å². The summed E-state index contributed by atoms with van der Waals surface area (Å²) in [7, 11) is 1.80. The van der Waals surface area contributed by atoms with E-state index in [-0.39, 0.29) is 11.5 Å². The zero-order valence-electron chi connectivity index (χ0n) is 17.8. The first-order valence-corrected chi connectivity index (χ1v) is 9.60. The van der Waals surface area contributed by atoms with Crippen molar-refractivity contribution in [3.63, 3.8) is 0 Å². The molecular formula is C23H27N5O2. The summed E-state index contributed by atoms with van der Waals surface area (Å²) in [6, 6.07) is 8.81. The summed E-state index contributed by atoms with van der Waals surface area (Å²) < 4.78 is 0. The Labute approximate surface area is 176 Å². The number of hydrogen-bond acceptors (Lipinski definition) is 6. The van der Waals surface area contributed by atoms with Gasteiger partial charge in [0, 0.05) is 36.1 Å². The Hall–Kier alpha value is -3.74. The first-order valence-electron chi connectivity index (χ1n) is 9.60. The second-order valence-electron chi connectivity index (χ2n) is 7.26. The van der Waals surface area contributed by atoms with Gasteiger partial charge in [0.25, 0.3) is 0 Å². The summed E-state index contributed by atoms with van der Waals surface area (Å²) in [5, 5.41) is 26.4. The van der Waals surface area contributed by atoms with Crippen LogP contribution < -0.4 is 16.4 Å². The Kier molecular flexibility index (Phi) is 5.82. The van der Waals surface area contributed by atoms with Crippen LogP contribution in [0.25, 0.3) is 0 Å². The summed E-state index contributed by atoms with van der Waals surface area (Å²) in [6.45, 7) is 7.54. The number of phenols is 2. The third-order valence-electron chi connectivity index (χ3n) is 5.18. The van der Waals surface area contributed by atoms with Gasteiger partial charge in [-0.25, -0.2) is 9.98 Å². The molecule has 7 nitrogen and oxygen atoms in total. The quantitative estimate of drug-likeness (QED) is 0.314. The monoisotopic (exact) mass is 405 g/mol. The molecule has 0 radical (unpaired) electrons. The van der Waals surface area contributed by atoms with Gasteiger partial charge in [-0.3, -0.25) is 0 Å². The molecule has 0 unspecified atom stereocenters. The van der Waals surface area contributed by atoms with Crippen LogP contribution in [0.1, 0.15) is 27.8 Å². The fourth-order valence-electron chi connectivity index (χ4n) is 3.27. The van der Waals surface area contributed by atoms with Crippen LogP contribution in [0.5, 0.6) is 11.5 Å². The molecule has 0 amide bonds. The Morgan fingerprint density at radius 1 is 0.967 bits per heavy atom. The van der Waals surface area contributed by atoms with E-state index in [1.807, 2.05) is 32.9 Å². The van der Waals surface area contributed by atoms with Crippen LogP contribution in [-0.4, -0.2) is 28.1 Å². The molecule has 3 rings (SSSR count). The molecule has 2 aromatic carbocycles. The van der Waals surface area contributed by atoms with Crippen LogP contribution in [0, 0.1) is 27.7 Å². The van der Waals surface area contributed by atoms with E-state index in [0.29, 0.717) is 28.5 Å². The number of nitrogens with one attached hydrogen (secondary N) is 2. The largest absolute Gasteiger partial charge is 0.508 e. The van der Waals surface area contributed by atoms with Gasteiger partial charge in [-0.2, -0.15) is 0 Å². The number of benzene rings is 2. The van der Waals surface area contributed by atoms with Crippen molar-refractivity contribution in [2.45, 2.75) is 27.7 Å². The molecular weight excluding hydrogens is 378 g/mol. The number of anilines is 3. The van der Waals surface area contributed by atoms with Gasteiger partial charge in [-0.05, 0) is 51.0 Å². The third-order valence-corrected chi connectivity index (χ3v) is 5.18. The van der Waals surface area contributed by atoms with Crippen LogP contribution in [0.4, 0.5) is 22.9 Å². The lowest BCUT2D eigenvalue weighted by atomic mass is 10.1. The van der Waals surface area contributed by atoms with Gasteiger partial charge in [0.1, 0.15) is 23.2 Å². The lowest BCUT2D eigenvalue weighted by Gasteiger charge is -2.16. The second-order valence-corrected chi connectivity index (χ2v) is 7.26. The summed E-state index contributed by atoms with van der Waals surface area (Å²) in [5.41, 5.74) is 12.5. The van der Waals surface area contributed by atoms with Crippen molar-refractivity contribution in [1.82, 2.24) is 4.98 Å². The van der Waals surface area contributed by atoms with E-state index in [1.54, 1.807) is 38.4 Å². The molecule has 0 aliphatic rings. The number of aromatic nitrogens is 1. The van der Waals surface area contributed by atoms with Crippen molar-refractivity contribution in [2.75, 3.05) is 17.7 Å². The Bertz CT molecular complexity index is 1140. The number of aryl methyl sites for hydroxylation is 2. The highest BCUT2D eigenvalue weighted by Gasteiger charge is 2.13. The zero-order valence-corrected chi connectivity index (χ0v) is 17.8. The average Bonchev–Trinajstić information content (AvgIpc) is 2.73. The number of nitrogens with two attached hydrogens (primary N) is 1. The Morgan fingerprint density at radius 3 is 2.27 bits per heavy atom. The Balaban J connectivity index is 1.99. The van der Waals surface area contributed by atoms with Crippen LogP contribution in [0.3, 0.4) is 0 Å². The molecule has 0 atom stereocenters. The van der Waals surface area contributed by atoms with E-state index >= 15 is 0 Å². The van der Waals surface area contributed by atoms with Gasteiger partial charge in [-0.15, -0.1) is 0 Å². The maximum atomic E-state index is 10.0. The highest BCUT2D eigenvalue weighted by molar-refractivity contribution is 6.04. The van der Waals surface area contributed by atoms with Crippen LogP contribution in [-0.2, 0) is 0 Å². The predicted octanol–water partition coefficient (Wildman–Crippen LogP) is 4.55. The number of phenolic OH excluding ortho intramolecular Hbond substituents is 2. The number of aliphatic imine (C=N–C) groups is 1. The lowest BCUT2D eigenvalue weighted by Crippen LogP contribution is -2.16. The average molecular weight is 406 g/mol. The summed E-state index contributed by atoms with van der Waals surface area (Å²) >= 11 is 0. The van der Waals surface area contributed by atoms with Crippen molar-refractivity contribution in [1.29, 1.82) is 0 Å². The minimum Gasteiger partial charge on any atom is -0.508 e. The summed E-state index contributed by atoms with van der Waals surface area (Å²) in [5.74, 6) is 1.30. The van der Waals surface area contributed by atoms with E-state index in [1.165, 1.54) is 0 Å². The van der Waals surface area contributed by atoms with Crippen LogP contribution in [0.2, 0.25) is 0 Å². The summed E-state index contributed by atoms with van der Waals surface area (Å²) in [4.78, 5) is 9.03.